The lowest BCUT2D eigenvalue weighted by atomic mass is 9.92. The van der Waals surface area contributed by atoms with Gasteiger partial charge in [-0.05, 0) is 43.9 Å². The maximum atomic E-state index is 12.5. The Bertz CT molecular complexity index is 821. The first-order valence-electron chi connectivity index (χ1n) is 8.94. The molecule has 1 N–H and O–H groups in total. The highest BCUT2D eigenvalue weighted by atomic mass is 16.7. The van der Waals surface area contributed by atoms with Crippen molar-refractivity contribution in [2.75, 3.05) is 13.9 Å². The van der Waals surface area contributed by atoms with Crippen LogP contribution < -0.4 is 24.3 Å². The van der Waals surface area contributed by atoms with E-state index in [0.717, 1.165) is 25.7 Å². The molecule has 8 nitrogen and oxygen atoms in total. The van der Waals surface area contributed by atoms with Crippen molar-refractivity contribution in [1.29, 1.82) is 0 Å². The fourth-order valence-electron chi connectivity index (χ4n) is 3.29. The second-order valence-corrected chi connectivity index (χ2v) is 6.53. The number of nitrogens with one attached hydrogen (secondary N) is 1. The molecule has 142 valence electrons. The van der Waals surface area contributed by atoms with E-state index >= 15 is 0 Å². The smallest absolute Gasteiger partial charge is 0.251 e. The van der Waals surface area contributed by atoms with Crippen molar-refractivity contribution in [1.82, 2.24) is 15.3 Å². The molecule has 0 spiro atoms. The summed E-state index contributed by atoms with van der Waals surface area (Å²) in [6.45, 7) is 0.197. The highest BCUT2D eigenvalue weighted by Gasteiger charge is 2.25. The van der Waals surface area contributed by atoms with Gasteiger partial charge in [-0.15, -0.1) is 0 Å². The standard InChI is InChI=1S/C19H21N3O5/c1-24-17-9-20-10-18(22-17)27-14-5-3-13(4-6-14)21-19(23)12-2-7-15-16(8-12)26-11-25-15/h2,7-10,13-14H,3-6,11H2,1H3,(H,21,23). The average Bonchev–Trinajstić information content (AvgIpc) is 3.17. The van der Waals surface area contributed by atoms with Crippen molar-refractivity contribution in [3.05, 3.63) is 36.2 Å². The first-order chi connectivity index (χ1) is 13.2. The molecule has 27 heavy (non-hydrogen) atoms. The fourth-order valence-corrected chi connectivity index (χ4v) is 3.29. The van der Waals surface area contributed by atoms with Crippen LogP contribution in [0, 0.1) is 0 Å². The summed E-state index contributed by atoms with van der Waals surface area (Å²) in [4.78, 5) is 20.8. The molecule has 0 radical (unpaired) electrons. The van der Waals surface area contributed by atoms with Gasteiger partial charge in [0.1, 0.15) is 6.10 Å². The molecule has 1 saturated carbocycles. The number of benzene rings is 1. The third-order valence-corrected chi connectivity index (χ3v) is 4.73. The highest BCUT2D eigenvalue weighted by molar-refractivity contribution is 5.95. The van der Waals surface area contributed by atoms with Crippen molar-refractivity contribution in [3.63, 3.8) is 0 Å². The van der Waals surface area contributed by atoms with Gasteiger partial charge in [-0.1, -0.05) is 0 Å². The Morgan fingerprint density at radius 3 is 2.70 bits per heavy atom. The Kier molecular flexibility index (Phi) is 4.95. The van der Waals surface area contributed by atoms with Gasteiger partial charge in [-0.25, -0.2) is 0 Å². The van der Waals surface area contributed by atoms with E-state index in [2.05, 4.69) is 15.3 Å². The van der Waals surface area contributed by atoms with Crippen molar-refractivity contribution >= 4 is 5.91 Å². The molecule has 1 fully saturated rings. The number of ether oxygens (including phenoxy) is 4. The minimum absolute atomic E-state index is 0.0603. The molecule has 0 atom stereocenters. The van der Waals surface area contributed by atoms with E-state index in [1.807, 2.05) is 0 Å². The summed E-state index contributed by atoms with van der Waals surface area (Å²) < 4.78 is 21.5. The maximum Gasteiger partial charge on any atom is 0.251 e. The van der Waals surface area contributed by atoms with Crippen LogP contribution in [-0.4, -0.2) is 41.9 Å². The van der Waals surface area contributed by atoms with E-state index in [4.69, 9.17) is 18.9 Å². The fraction of sp³-hybridized carbons (Fsp3) is 0.421. The minimum atomic E-state index is -0.101. The van der Waals surface area contributed by atoms with Gasteiger partial charge in [-0.2, -0.15) is 4.98 Å². The lowest BCUT2D eigenvalue weighted by Gasteiger charge is -2.29. The number of carbonyl (C=O) groups excluding carboxylic acids is 1. The molecule has 0 unspecified atom stereocenters. The van der Waals surface area contributed by atoms with Crippen molar-refractivity contribution in [3.8, 4) is 23.3 Å². The van der Waals surface area contributed by atoms with Gasteiger partial charge in [0, 0.05) is 11.6 Å². The van der Waals surface area contributed by atoms with Crippen LogP contribution in [0.15, 0.2) is 30.6 Å². The summed E-state index contributed by atoms with van der Waals surface area (Å²) in [5, 5.41) is 3.09. The van der Waals surface area contributed by atoms with Crippen LogP contribution in [-0.2, 0) is 0 Å². The molecule has 2 aliphatic rings. The number of methoxy groups -OCH3 is 1. The molecule has 1 aromatic heterocycles. The Labute approximate surface area is 156 Å². The summed E-state index contributed by atoms with van der Waals surface area (Å²) in [6, 6.07) is 5.35. The summed E-state index contributed by atoms with van der Waals surface area (Å²) >= 11 is 0. The average molecular weight is 371 g/mol. The van der Waals surface area contributed by atoms with Gasteiger partial charge in [0.25, 0.3) is 5.91 Å². The molecule has 4 rings (SSSR count). The predicted octanol–water partition coefficient (Wildman–Crippen LogP) is 2.33. The largest absolute Gasteiger partial charge is 0.480 e. The van der Waals surface area contributed by atoms with E-state index < -0.39 is 0 Å². The number of hydrogen-bond donors (Lipinski definition) is 1. The van der Waals surface area contributed by atoms with Crippen LogP contribution in [0.5, 0.6) is 23.3 Å². The molecular weight excluding hydrogens is 350 g/mol. The maximum absolute atomic E-state index is 12.5. The predicted molar refractivity (Wildman–Crippen MR) is 95.3 cm³/mol. The Balaban J connectivity index is 1.28. The summed E-state index contributed by atoms with van der Waals surface area (Å²) in [6.07, 6.45) is 6.54. The Hall–Kier alpha value is -3.03. The van der Waals surface area contributed by atoms with Crippen LogP contribution >= 0.6 is 0 Å². The zero-order valence-corrected chi connectivity index (χ0v) is 15.0. The van der Waals surface area contributed by atoms with E-state index in [0.29, 0.717) is 28.8 Å². The van der Waals surface area contributed by atoms with Gasteiger partial charge in [0.2, 0.25) is 18.6 Å². The molecule has 1 aromatic carbocycles. The van der Waals surface area contributed by atoms with Crippen LogP contribution in [0.3, 0.4) is 0 Å². The molecule has 2 heterocycles. The van der Waals surface area contributed by atoms with Gasteiger partial charge in [-0.3, -0.25) is 9.78 Å². The van der Waals surface area contributed by atoms with Gasteiger partial charge >= 0.3 is 0 Å². The zero-order chi connectivity index (χ0) is 18.6. The minimum Gasteiger partial charge on any atom is -0.480 e. The van der Waals surface area contributed by atoms with E-state index in [-0.39, 0.29) is 24.8 Å². The van der Waals surface area contributed by atoms with Gasteiger partial charge < -0.3 is 24.3 Å². The third-order valence-electron chi connectivity index (χ3n) is 4.73. The number of rotatable bonds is 5. The second kappa shape index (κ2) is 7.69. The first-order valence-corrected chi connectivity index (χ1v) is 8.94. The van der Waals surface area contributed by atoms with E-state index in [1.165, 1.54) is 6.20 Å². The number of aromatic nitrogens is 2. The second-order valence-electron chi connectivity index (χ2n) is 6.53. The topological polar surface area (TPSA) is 91.8 Å². The number of hydrogen-bond acceptors (Lipinski definition) is 7. The van der Waals surface area contributed by atoms with Crippen molar-refractivity contribution in [2.24, 2.45) is 0 Å². The first kappa shape index (κ1) is 17.4. The zero-order valence-electron chi connectivity index (χ0n) is 15.0. The Morgan fingerprint density at radius 1 is 1.11 bits per heavy atom. The van der Waals surface area contributed by atoms with Crippen LogP contribution in [0.25, 0.3) is 0 Å². The van der Waals surface area contributed by atoms with Crippen molar-refractivity contribution in [2.45, 2.75) is 37.8 Å². The lowest BCUT2D eigenvalue weighted by molar-refractivity contribution is 0.0888. The number of carbonyl (C=O) groups is 1. The van der Waals surface area contributed by atoms with Crippen LogP contribution in [0.1, 0.15) is 36.0 Å². The number of amides is 1. The van der Waals surface area contributed by atoms with Crippen LogP contribution in [0.2, 0.25) is 0 Å². The number of nitrogens with zero attached hydrogens (tertiary/aromatic N) is 2. The molecule has 1 aliphatic heterocycles. The molecule has 1 aliphatic carbocycles. The van der Waals surface area contributed by atoms with Crippen LogP contribution in [0.4, 0.5) is 0 Å². The van der Waals surface area contributed by atoms with E-state index in [1.54, 1.807) is 31.5 Å². The van der Waals surface area contributed by atoms with Gasteiger partial charge in [0.05, 0.1) is 19.5 Å². The summed E-state index contributed by atoms with van der Waals surface area (Å²) in [5.41, 5.74) is 0.573. The third kappa shape index (κ3) is 4.05. The normalized spacial score (nSPS) is 20.8. The monoisotopic (exact) mass is 371 g/mol. The van der Waals surface area contributed by atoms with Gasteiger partial charge in [0.15, 0.2) is 11.5 Å². The summed E-state index contributed by atoms with van der Waals surface area (Å²) in [7, 11) is 1.54. The SMILES string of the molecule is COc1cncc(OC2CCC(NC(=O)c3ccc4c(c3)OCO4)CC2)n1. The molecule has 2 aromatic rings. The van der Waals surface area contributed by atoms with E-state index in [9.17, 15) is 4.79 Å². The molecule has 0 saturated heterocycles. The molecule has 1 amide bonds. The molecule has 0 bridgehead atoms. The van der Waals surface area contributed by atoms with Crippen molar-refractivity contribution < 1.29 is 23.7 Å². The molecule has 8 heteroatoms. The quantitative estimate of drug-likeness (QED) is 0.862. The lowest BCUT2D eigenvalue weighted by Crippen LogP contribution is -2.39. The highest BCUT2D eigenvalue weighted by Crippen LogP contribution is 2.32. The molecular formula is C19H21N3O5. The Morgan fingerprint density at radius 2 is 1.89 bits per heavy atom. The summed E-state index contributed by atoms with van der Waals surface area (Å²) in [5.74, 6) is 2.07. The number of fused-ring (bicyclic) bond motifs is 1.